The maximum Gasteiger partial charge on any atom is 0.0646 e. The molecular weight excluding hydrogens is 235 g/mol. The molecule has 0 aromatic heterocycles. The van der Waals surface area contributed by atoms with Crippen LogP contribution in [0.15, 0.2) is 12.3 Å². The summed E-state index contributed by atoms with van der Waals surface area (Å²) >= 11 is 0. The van der Waals surface area contributed by atoms with Gasteiger partial charge in [0.1, 0.15) is 0 Å². The number of rotatable bonds is 4. The second kappa shape index (κ2) is 5.56. The molecule has 8 heteroatoms. The van der Waals surface area contributed by atoms with Crippen molar-refractivity contribution < 1.29 is 24.6 Å². The topological polar surface area (TPSA) is 125 Å². The van der Waals surface area contributed by atoms with E-state index in [0.29, 0.717) is 13.1 Å². The van der Waals surface area contributed by atoms with Crippen LogP contribution in [0.3, 0.4) is 0 Å². The fourth-order valence-electron chi connectivity index (χ4n) is 1.39. The van der Waals surface area contributed by atoms with E-state index in [-0.39, 0.29) is 6.54 Å². The van der Waals surface area contributed by atoms with Gasteiger partial charge in [0.05, 0.1) is 18.2 Å². The minimum absolute atomic E-state index is 0.195. The van der Waals surface area contributed by atoms with Crippen molar-refractivity contribution in [2.75, 3.05) is 25.8 Å². The zero-order chi connectivity index (χ0) is 12.2. The molecule has 0 aromatic rings. The van der Waals surface area contributed by atoms with E-state index in [1.807, 2.05) is 0 Å². The van der Waals surface area contributed by atoms with Crippen LogP contribution in [0.25, 0.3) is 0 Å². The third kappa shape index (κ3) is 4.87. The summed E-state index contributed by atoms with van der Waals surface area (Å²) in [4.78, 5) is 43.2. The largest absolute Gasteiger partial charge is 0.687 e. The number of aliphatic carboxylic acids is 1. The molecule has 1 aliphatic rings. The SMILES string of the molecule is O=C([O-])C1CN(/C=C/C[P+]([O-])([O-])[O-])CCN1. The van der Waals surface area contributed by atoms with Crippen molar-refractivity contribution in [3.8, 4) is 0 Å². The lowest BCUT2D eigenvalue weighted by atomic mass is 10.2. The second-order valence-electron chi connectivity index (χ2n) is 3.50. The molecule has 0 saturated carbocycles. The molecule has 1 fully saturated rings. The summed E-state index contributed by atoms with van der Waals surface area (Å²) in [5, 5.41) is 13.3. The molecule has 7 nitrogen and oxygen atoms in total. The Labute approximate surface area is 93.6 Å². The molecule has 0 radical (unpaired) electrons. The summed E-state index contributed by atoms with van der Waals surface area (Å²) in [5.74, 6) is -1.20. The Morgan fingerprint density at radius 3 is 2.75 bits per heavy atom. The van der Waals surface area contributed by atoms with Crippen LogP contribution in [0.1, 0.15) is 0 Å². The molecule has 16 heavy (non-hydrogen) atoms. The molecule has 0 amide bonds. The van der Waals surface area contributed by atoms with Crippen molar-refractivity contribution in [2.45, 2.75) is 6.04 Å². The van der Waals surface area contributed by atoms with E-state index in [4.69, 9.17) is 0 Å². The van der Waals surface area contributed by atoms with Gasteiger partial charge in [-0.05, 0) is 12.3 Å². The number of nitrogens with zero attached hydrogens (tertiary/aromatic N) is 1. The fraction of sp³-hybridized carbons (Fsp3) is 0.625. The molecule has 1 unspecified atom stereocenters. The zero-order valence-electron chi connectivity index (χ0n) is 8.50. The molecule has 1 saturated heterocycles. The molecule has 0 aliphatic carbocycles. The molecule has 1 N–H and O–H groups in total. The standard InChI is InChI=1S/C8H15N2O5P/c11-8(12)7-6-10(4-2-9-7)3-1-5-16(13,14)15/h1,3,7,9H,2,4-6H2,(H,11,12)(H2,13,14,15)/p-3/b3-1+. The van der Waals surface area contributed by atoms with E-state index in [0.717, 1.165) is 0 Å². The minimum atomic E-state index is -4.53. The average Bonchev–Trinajstić information content (AvgIpc) is 2.16. The first kappa shape index (κ1) is 13.3. The normalized spacial score (nSPS) is 22.7. The van der Waals surface area contributed by atoms with Crippen LogP contribution in [0.4, 0.5) is 0 Å². The molecular formula is C8H12N2O5P-3. The molecule has 1 heterocycles. The Morgan fingerprint density at radius 2 is 2.19 bits per heavy atom. The maximum atomic E-state index is 10.6. The van der Waals surface area contributed by atoms with Gasteiger partial charge in [0, 0.05) is 19.6 Å². The number of carbonyl (C=O) groups excluding carboxylic acids is 1. The second-order valence-corrected chi connectivity index (χ2v) is 5.09. The number of carboxylic acids is 1. The van der Waals surface area contributed by atoms with Crippen molar-refractivity contribution in [1.29, 1.82) is 0 Å². The number of hydrogen-bond donors (Lipinski definition) is 1. The molecule has 1 rings (SSSR count). The Balaban J connectivity index is 2.40. The van der Waals surface area contributed by atoms with E-state index in [9.17, 15) is 24.6 Å². The predicted molar refractivity (Wildman–Crippen MR) is 49.3 cm³/mol. The summed E-state index contributed by atoms with van der Waals surface area (Å²) in [6, 6.07) is -0.773. The average molecular weight is 247 g/mol. The minimum Gasteiger partial charge on any atom is -0.687 e. The number of allylic oxidation sites excluding steroid dienone is 1. The lowest BCUT2D eigenvalue weighted by Gasteiger charge is -2.41. The van der Waals surface area contributed by atoms with Gasteiger partial charge in [-0.3, -0.25) is 0 Å². The van der Waals surface area contributed by atoms with E-state index >= 15 is 0 Å². The highest BCUT2D eigenvalue weighted by Gasteiger charge is 2.17. The highest BCUT2D eigenvalue weighted by atomic mass is 31.2. The van der Waals surface area contributed by atoms with Crippen molar-refractivity contribution in [3.05, 3.63) is 12.3 Å². The smallest absolute Gasteiger partial charge is 0.0646 e. The highest BCUT2D eigenvalue weighted by Crippen LogP contribution is 2.26. The summed E-state index contributed by atoms with van der Waals surface area (Å²) in [6.07, 6.45) is 2.09. The first-order valence-electron chi connectivity index (χ1n) is 4.74. The zero-order valence-corrected chi connectivity index (χ0v) is 9.39. The lowest BCUT2D eigenvalue weighted by molar-refractivity contribution is -0.426. The van der Waals surface area contributed by atoms with Gasteiger partial charge in [0.25, 0.3) is 0 Å². The first-order chi connectivity index (χ1) is 7.38. The number of nitrogens with one attached hydrogen (secondary N) is 1. The molecule has 1 aliphatic heterocycles. The van der Waals surface area contributed by atoms with Gasteiger partial charge in [-0.15, -0.1) is 0 Å². The molecule has 0 aromatic carbocycles. The van der Waals surface area contributed by atoms with E-state index in [2.05, 4.69) is 5.32 Å². The van der Waals surface area contributed by atoms with Gasteiger partial charge in [-0.25, -0.2) is 0 Å². The van der Waals surface area contributed by atoms with Gasteiger partial charge >= 0.3 is 0 Å². The monoisotopic (exact) mass is 247 g/mol. The van der Waals surface area contributed by atoms with E-state index in [1.165, 1.54) is 12.3 Å². The van der Waals surface area contributed by atoms with Crippen LogP contribution < -0.4 is 25.1 Å². The summed E-state index contributed by atoms with van der Waals surface area (Å²) in [7, 11) is -4.53. The molecule has 92 valence electrons. The van der Waals surface area contributed by atoms with Gasteiger partial charge in [-0.1, -0.05) is 0 Å². The number of carboxylic acid groups (broad SMARTS) is 1. The summed E-state index contributed by atoms with van der Waals surface area (Å²) < 4.78 is 0. The van der Waals surface area contributed by atoms with Crippen molar-refractivity contribution in [2.24, 2.45) is 0 Å². The Morgan fingerprint density at radius 1 is 1.50 bits per heavy atom. The fourth-order valence-corrected chi connectivity index (χ4v) is 1.74. The quantitative estimate of drug-likeness (QED) is 0.495. The van der Waals surface area contributed by atoms with Crippen molar-refractivity contribution in [1.82, 2.24) is 10.2 Å². The van der Waals surface area contributed by atoms with E-state index < -0.39 is 26.1 Å². The molecule has 0 bridgehead atoms. The summed E-state index contributed by atoms with van der Waals surface area (Å²) in [5.41, 5.74) is 0. The predicted octanol–water partition coefficient (Wildman–Crippen LogP) is -4.63. The molecule has 1 atom stereocenters. The number of carbonyl (C=O) groups is 1. The first-order valence-corrected chi connectivity index (χ1v) is 6.47. The van der Waals surface area contributed by atoms with Gasteiger partial charge in [-0.2, -0.15) is 7.94 Å². The Bertz CT molecular complexity index is 278. The van der Waals surface area contributed by atoms with Crippen LogP contribution in [-0.2, 0) is 4.79 Å². The van der Waals surface area contributed by atoms with Crippen LogP contribution in [0.5, 0.6) is 0 Å². The van der Waals surface area contributed by atoms with Crippen molar-refractivity contribution >= 4 is 13.9 Å². The number of hydrogen-bond acceptors (Lipinski definition) is 7. The maximum absolute atomic E-state index is 10.6. The van der Waals surface area contributed by atoms with Crippen LogP contribution in [0.2, 0.25) is 0 Å². The van der Waals surface area contributed by atoms with E-state index in [1.54, 1.807) is 4.90 Å². The van der Waals surface area contributed by atoms with Crippen LogP contribution in [0, 0.1) is 0 Å². The van der Waals surface area contributed by atoms with Gasteiger partial charge < -0.3 is 34.8 Å². The molecule has 0 spiro atoms. The van der Waals surface area contributed by atoms with Gasteiger partial charge in [0.2, 0.25) is 0 Å². The third-order valence-corrected chi connectivity index (χ3v) is 2.79. The van der Waals surface area contributed by atoms with Crippen LogP contribution in [-0.4, -0.2) is 42.7 Å². The Kier molecular flexibility index (Phi) is 4.64. The lowest BCUT2D eigenvalue weighted by Crippen LogP contribution is -2.56. The third-order valence-electron chi connectivity index (χ3n) is 2.14. The van der Waals surface area contributed by atoms with Crippen LogP contribution >= 0.6 is 7.94 Å². The Hall–Kier alpha value is -0.720. The summed E-state index contributed by atoms with van der Waals surface area (Å²) in [6.45, 7) is 1.22. The van der Waals surface area contributed by atoms with Gasteiger partial charge in [0.15, 0.2) is 0 Å². The highest BCUT2D eigenvalue weighted by molar-refractivity contribution is 7.54. The van der Waals surface area contributed by atoms with Crippen molar-refractivity contribution in [3.63, 3.8) is 0 Å². The number of piperazine rings is 1.